The molecule has 0 aromatic carbocycles. The highest BCUT2D eigenvalue weighted by atomic mass is 79.9. The fraction of sp³-hybridized carbons (Fsp3) is 0.571. The molecule has 2 saturated heterocycles. The molecule has 0 aliphatic carbocycles. The zero-order valence-corrected chi connectivity index (χ0v) is 12.6. The summed E-state index contributed by atoms with van der Waals surface area (Å²) in [5.74, 6) is 1.32. The summed E-state index contributed by atoms with van der Waals surface area (Å²) < 4.78 is 0.999. The number of halogens is 1. The van der Waals surface area contributed by atoms with E-state index in [1.807, 2.05) is 25.3 Å². The van der Waals surface area contributed by atoms with E-state index in [2.05, 4.69) is 30.7 Å². The number of aromatic nitrogens is 1. The number of piperazine rings is 1. The normalized spacial score (nSPS) is 25.8. The van der Waals surface area contributed by atoms with Gasteiger partial charge in [-0.3, -0.25) is 4.79 Å². The summed E-state index contributed by atoms with van der Waals surface area (Å²) >= 11 is 3.41. The Hall–Kier alpha value is -1.10. The highest BCUT2D eigenvalue weighted by Gasteiger charge is 2.42. The molecule has 1 aromatic rings. The quantitative estimate of drug-likeness (QED) is 0.838. The van der Waals surface area contributed by atoms with Crippen LogP contribution in [0.1, 0.15) is 26.2 Å². The average molecular weight is 324 g/mol. The SMILES string of the molecule is CCC(=O)N1[C@@H]2CC[C@H]1CN(c1ccc(Br)cn1)C2. The number of carbonyl (C=O) groups is 1. The number of amides is 1. The van der Waals surface area contributed by atoms with Crippen molar-refractivity contribution in [2.24, 2.45) is 0 Å². The van der Waals surface area contributed by atoms with Crippen LogP contribution in [0.25, 0.3) is 0 Å². The Kier molecular flexibility index (Phi) is 3.48. The van der Waals surface area contributed by atoms with Gasteiger partial charge in [0.2, 0.25) is 5.91 Å². The van der Waals surface area contributed by atoms with Gasteiger partial charge < -0.3 is 9.80 Å². The Labute approximate surface area is 121 Å². The van der Waals surface area contributed by atoms with Crippen molar-refractivity contribution in [1.29, 1.82) is 0 Å². The number of carbonyl (C=O) groups excluding carboxylic acids is 1. The Morgan fingerprint density at radius 2 is 2.05 bits per heavy atom. The molecule has 0 N–H and O–H groups in total. The molecule has 2 bridgehead atoms. The number of fused-ring (bicyclic) bond motifs is 2. The third-order valence-corrected chi connectivity index (χ3v) is 4.58. The minimum Gasteiger partial charge on any atom is -0.352 e. The number of nitrogens with zero attached hydrogens (tertiary/aromatic N) is 3. The predicted octanol–water partition coefficient (Wildman–Crippen LogP) is 2.43. The standard InChI is InChI=1S/C14H18BrN3O/c1-2-14(19)18-11-4-5-12(18)9-17(8-11)13-6-3-10(15)7-16-13/h3,6-7,11-12H,2,4-5,8-9H2,1H3/t11-,12+. The molecule has 102 valence electrons. The Morgan fingerprint density at radius 3 is 2.58 bits per heavy atom. The second kappa shape index (κ2) is 5.12. The highest BCUT2D eigenvalue weighted by molar-refractivity contribution is 9.10. The lowest BCUT2D eigenvalue weighted by Gasteiger charge is -2.41. The van der Waals surface area contributed by atoms with E-state index in [1.165, 1.54) is 0 Å². The van der Waals surface area contributed by atoms with Crippen molar-refractivity contribution < 1.29 is 4.79 Å². The van der Waals surface area contributed by atoms with Gasteiger partial charge in [0.15, 0.2) is 0 Å². The molecule has 5 heteroatoms. The summed E-state index contributed by atoms with van der Waals surface area (Å²) in [6.45, 7) is 3.78. The van der Waals surface area contributed by atoms with Gasteiger partial charge in [0.25, 0.3) is 0 Å². The highest BCUT2D eigenvalue weighted by Crippen LogP contribution is 2.32. The third-order valence-electron chi connectivity index (χ3n) is 4.11. The van der Waals surface area contributed by atoms with Crippen LogP contribution < -0.4 is 4.90 Å². The number of pyridine rings is 1. The summed E-state index contributed by atoms with van der Waals surface area (Å²) in [6.07, 6.45) is 4.71. The van der Waals surface area contributed by atoms with E-state index in [0.717, 1.165) is 36.2 Å². The van der Waals surface area contributed by atoms with Gasteiger partial charge in [-0.2, -0.15) is 0 Å². The van der Waals surface area contributed by atoms with Crippen molar-refractivity contribution in [3.63, 3.8) is 0 Å². The maximum Gasteiger partial charge on any atom is 0.222 e. The minimum atomic E-state index is 0.302. The topological polar surface area (TPSA) is 36.4 Å². The Balaban J connectivity index is 1.77. The number of rotatable bonds is 2. The molecule has 0 unspecified atom stereocenters. The van der Waals surface area contributed by atoms with Crippen molar-refractivity contribution in [3.05, 3.63) is 22.8 Å². The minimum absolute atomic E-state index is 0.302. The molecule has 1 amide bonds. The first-order valence-corrected chi connectivity index (χ1v) is 7.66. The lowest BCUT2D eigenvalue weighted by atomic mass is 10.1. The van der Waals surface area contributed by atoms with Crippen molar-refractivity contribution in [2.45, 2.75) is 38.3 Å². The molecule has 0 spiro atoms. The van der Waals surface area contributed by atoms with Crippen LogP contribution in [0.5, 0.6) is 0 Å². The summed E-state index contributed by atoms with van der Waals surface area (Å²) in [5.41, 5.74) is 0. The molecule has 4 nitrogen and oxygen atoms in total. The van der Waals surface area contributed by atoms with Crippen LogP contribution in [0.2, 0.25) is 0 Å². The zero-order chi connectivity index (χ0) is 13.4. The van der Waals surface area contributed by atoms with Crippen LogP contribution in [0, 0.1) is 0 Å². The van der Waals surface area contributed by atoms with E-state index in [-0.39, 0.29) is 0 Å². The van der Waals surface area contributed by atoms with Gasteiger partial charge in [0.05, 0.1) is 0 Å². The van der Waals surface area contributed by atoms with Crippen molar-refractivity contribution >= 4 is 27.7 Å². The van der Waals surface area contributed by atoms with Crippen molar-refractivity contribution in [1.82, 2.24) is 9.88 Å². The van der Waals surface area contributed by atoms with Crippen molar-refractivity contribution in [2.75, 3.05) is 18.0 Å². The lowest BCUT2D eigenvalue weighted by molar-refractivity contribution is -0.134. The first kappa shape index (κ1) is 12.9. The number of hydrogen-bond acceptors (Lipinski definition) is 3. The zero-order valence-electron chi connectivity index (χ0n) is 11.1. The first-order chi connectivity index (χ1) is 9.19. The molecular weight excluding hydrogens is 306 g/mol. The Morgan fingerprint density at radius 1 is 1.37 bits per heavy atom. The maximum absolute atomic E-state index is 12.0. The maximum atomic E-state index is 12.0. The molecule has 0 radical (unpaired) electrons. The fourth-order valence-electron chi connectivity index (χ4n) is 3.23. The molecule has 3 rings (SSSR count). The van der Waals surface area contributed by atoms with Gasteiger partial charge in [0, 0.05) is 42.3 Å². The lowest BCUT2D eigenvalue weighted by Crippen LogP contribution is -2.56. The van der Waals surface area contributed by atoms with E-state index in [9.17, 15) is 4.79 Å². The summed E-state index contributed by atoms with van der Waals surface area (Å²) in [4.78, 5) is 20.9. The summed E-state index contributed by atoms with van der Waals surface area (Å²) in [7, 11) is 0. The molecule has 1 aromatic heterocycles. The van der Waals surface area contributed by atoms with Gasteiger partial charge in [0.1, 0.15) is 5.82 Å². The largest absolute Gasteiger partial charge is 0.352 e. The van der Waals surface area contributed by atoms with E-state index in [0.29, 0.717) is 24.4 Å². The van der Waals surface area contributed by atoms with Crippen LogP contribution in [0.3, 0.4) is 0 Å². The Bertz CT molecular complexity index is 462. The van der Waals surface area contributed by atoms with Crippen molar-refractivity contribution in [3.8, 4) is 0 Å². The molecule has 2 aliphatic heterocycles. The second-order valence-electron chi connectivity index (χ2n) is 5.28. The number of hydrogen-bond donors (Lipinski definition) is 0. The van der Waals surface area contributed by atoms with E-state index >= 15 is 0 Å². The van der Waals surface area contributed by atoms with E-state index in [1.54, 1.807) is 0 Å². The molecular formula is C14H18BrN3O. The monoisotopic (exact) mass is 323 g/mol. The second-order valence-corrected chi connectivity index (χ2v) is 6.19. The summed E-state index contributed by atoms with van der Waals surface area (Å²) in [6, 6.07) is 4.81. The average Bonchev–Trinajstić information content (AvgIpc) is 2.69. The third kappa shape index (κ3) is 2.36. The molecule has 2 aliphatic rings. The number of anilines is 1. The molecule has 3 heterocycles. The molecule has 2 fully saturated rings. The van der Waals surface area contributed by atoms with E-state index < -0.39 is 0 Å². The van der Waals surface area contributed by atoms with Gasteiger partial charge in [-0.25, -0.2) is 4.98 Å². The first-order valence-electron chi connectivity index (χ1n) is 6.86. The van der Waals surface area contributed by atoms with Crippen LogP contribution in [-0.4, -0.2) is 41.0 Å². The van der Waals surface area contributed by atoms with Gasteiger partial charge in [-0.15, -0.1) is 0 Å². The molecule has 19 heavy (non-hydrogen) atoms. The van der Waals surface area contributed by atoms with Gasteiger partial charge >= 0.3 is 0 Å². The fourth-order valence-corrected chi connectivity index (χ4v) is 3.47. The van der Waals surface area contributed by atoms with Crippen LogP contribution in [-0.2, 0) is 4.79 Å². The van der Waals surface area contributed by atoms with Gasteiger partial charge in [-0.1, -0.05) is 6.92 Å². The predicted molar refractivity (Wildman–Crippen MR) is 78.1 cm³/mol. The van der Waals surface area contributed by atoms with Crippen LogP contribution >= 0.6 is 15.9 Å². The smallest absolute Gasteiger partial charge is 0.222 e. The van der Waals surface area contributed by atoms with Crippen LogP contribution in [0.4, 0.5) is 5.82 Å². The van der Waals surface area contributed by atoms with Gasteiger partial charge in [-0.05, 0) is 40.9 Å². The van der Waals surface area contributed by atoms with Crippen LogP contribution in [0.15, 0.2) is 22.8 Å². The van der Waals surface area contributed by atoms with E-state index in [4.69, 9.17) is 0 Å². The summed E-state index contributed by atoms with van der Waals surface area (Å²) in [5, 5.41) is 0. The molecule has 2 atom stereocenters. The molecule has 0 saturated carbocycles.